The second-order valence-corrected chi connectivity index (χ2v) is 6.15. The van der Waals surface area contributed by atoms with Crippen molar-refractivity contribution in [1.29, 1.82) is 0 Å². The molecule has 1 heterocycles. The third kappa shape index (κ3) is 4.76. The number of carbonyl (C=O) groups excluding carboxylic acids is 1. The summed E-state index contributed by atoms with van der Waals surface area (Å²) in [5.74, 6) is 0.335. The monoisotopic (exact) mass is 349 g/mol. The average molecular weight is 349 g/mol. The van der Waals surface area contributed by atoms with E-state index in [9.17, 15) is 14.3 Å². The quantitative estimate of drug-likeness (QED) is 0.799. The van der Waals surface area contributed by atoms with Crippen molar-refractivity contribution in [1.82, 2.24) is 25.0 Å². The topological polar surface area (TPSA) is 83.3 Å². The molecule has 0 saturated heterocycles. The van der Waals surface area contributed by atoms with Crippen molar-refractivity contribution in [2.24, 2.45) is 13.0 Å². The van der Waals surface area contributed by atoms with E-state index in [0.29, 0.717) is 11.4 Å². The summed E-state index contributed by atoms with van der Waals surface area (Å²) in [6, 6.07) is 5.54. The lowest BCUT2D eigenvalue weighted by Gasteiger charge is -2.27. The van der Waals surface area contributed by atoms with E-state index < -0.39 is 0 Å². The Kier molecular flexibility index (Phi) is 6.46. The lowest BCUT2D eigenvalue weighted by molar-refractivity contribution is 0.166. The van der Waals surface area contributed by atoms with E-state index in [0.717, 1.165) is 0 Å². The van der Waals surface area contributed by atoms with Gasteiger partial charge in [-0.3, -0.25) is 4.68 Å². The Morgan fingerprint density at radius 2 is 2.12 bits per heavy atom. The number of nitrogens with zero attached hydrogens (tertiary/aromatic N) is 4. The molecule has 8 heteroatoms. The van der Waals surface area contributed by atoms with Crippen LogP contribution in [-0.2, 0) is 13.6 Å². The Bertz CT molecular complexity index is 704. The van der Waals surface area contributed by atoms with Gasteiger partial charge in [0.05, 0.1) is 19.2 Å². The van der Waals surface area contributed by atoms with Crippen LogP contribution in [0.15, 0.2) is 30.6 Å². The summed E-state index contributed by atoms with van der Waals surface area (Å²) in [6.45, 7) is 3.89. The number of aromatic nitrogens is 3. The van der Waals surface area contributed by atoms with Gasteiger partial charge in [0.25, 0.3) is 0 Å². The van der Waals surface area contributed by atoms with Crippen LogP contribution < -0.4 is 5.32 Å². The molecule has 1 aromatic carbocycles. The highest BCUT2D eigenvalue weighted by molar-refractivity contribution is 5.74. The molecule has 2 amide bonds. The summed E-state index contributed by atoms with van der Waals surface area (Å²) >= 11 is 0. The Morgan fingerprint density at radius 3 is 2.68 bits per heavy atom. The second-order valence-electron chi connectivity index (χ2n) is 6.15. The highest BCUT2D eigenvalue weighted by Gasteiger charge is 2.25. The van der Waals surface area contributed by atoms with Crippen molar-refractivity contribution in [2.75, 3.05) is 13.2 Å². The first-order valence-corrected chi connectivity index (χ1v) is 8.17. The number of rotatable bonds is 7. The largest absolute Gasteiger partial charge is 0.395 e. The summed E-state index contributed by atoms with van der Waals surface area (Å²) in [5.41, 5.74) is 0.394. The van der Waals surface area contributed by atoms with Crippen LogP contribution in [0.25, 0.3) is 0 Å². The molecule has 0 radical (unpaired) electrons. The Balaban J connectivity index is 2.16. The summed E-state index contributed by atoms with van der Waals surface area (Å²) in [6.07, 6.45) is 1.43. The minimum atomic E-state index is -0.390. The van der Waals surface area contributed by atoms with Crippen molar-refractivity contribution in [2.45, 2.75) is 26.4 Å². The van der Waals surface area contributed by atoms with Crippen molar-refractivity contribution >= 4 is 6.03 Å². The second kappa shape index (κ2) is 8.57. The Morgan fingerprint density at radius 1 is 1.40 bits per heavy atom. The first-order valence-electron chi connectivity index (χ1n) is 8.17. The third-order valence-electron chi connectivity index (χ3n) is 3.95. The summed E-state index contributed by atoms with van der Waals surface area (Å²) < 4.78 is 15.5. The molecular weight excluding hydrogens is 325 g/mol. The molecule has 0 saturated carbocycles. The molecule has 7 nitrogen and oxygen atoms in total. The Labute approximate surface area is 146 Å². The maximum absolute atomic E-state index is 13.9. The predicted molar refractivity (Wildman–Crippen MR) is 91.0 cm³/mol. The number of aliphatic hydroxyl groups is 1. The molecule has 0 bridgehead atoms. The van der Waals surface area contributed by atoms with Crippen LogP contribution in [0.2, 0.25) is 0 Å². The van der Waals surface area contributed by atoms with Crippen LogP contribution in [0.5, 0.6) is 0 Å². The minimum Gasteiger partial charge on any atom is -0.395 e. The van der Waals surface area contributed by atoms with Crippen LogP contribution >= 0.6 is 0 Å². The molecule has 2 aromatic rings. The van der Waals surface area contributed by atoms with Gasteiger partial charge in [-0.15, -0.1) is 0 Å². The van der Waals surface area contributed by atoms with Gasteiger partial charge in [0, 0.05) is 19.2 Å². The first-order chi connectivity index (χ1) is 11.9. The third-order valence-corrected chi connectivity index (χ3v) is 3.95. The van der Waals surface area contributed by atoms with Crippen molar-refractivity contribution in [3.63, 3.8) is 0 Å². The van der Waals surface area contributed by atoms with Gasteiger partial charge in [-0.05, 0) is 12.0 Å². The lowest BCUT2D eigenvalue weighted by Crippen LogP contribution is -2.44. The van der Waals surface area contributed by atoms with Gasteiger partial charge in [-0.1, -0.05) is 32.0 Å². The van der Waals surface area contributed by atoms with E-state index in [1.807, 2.05) is 13.8 Å². The maximum Gasteiger partial charge on any atom is 0.318 e. The highest BCUT2D eigenvalue weighted by atomic mass is 19.1. The van der Waals surface area contributed by atoms with Gasteiger partial charge in [0.15, 0.2) is 0 Å². The number of halogens is 1. The van der Waals surface area contributed by atoms with E-state index in [-0.39, 0.29) is 43.5 Å². The molecule has 1 aromatic heterocycles. The fraction of sp³-hybridized carbons (Fsp3) is 0.471. The number of hydrogen-bond donors (Lipinski definition) is 2. The lowest BCUT2D eigenvalue weighted by atomic mass is 10.0. The number of aliphatic hydroxyl groups excluding tert-OH is 1. The zero-order chi connectivity index (χ0) is 18.4. The number of nitrogens with one attached hydrogen (secondary N) is 1. The van der Waals surface area contributed by atoms with Crippen molar-refractivity contribution in [3.8, 4) is 0 Å². The van der Waals surface area contributed by atoms with Crippen LogP contribution in [0.1, 0.15) is 31.3 Å². The smallest absolute Gasteiger partial charge is 0.318 e. The van der Waals surface area contributed by atoms with Crippen LogP contribution in [-0.4, -0.2) is 44.0 Å². The normalized spacial score (nSPS) is 12.2. The molecule has 2 rings (SSSR count). The highest BCUT2D eigenvalue weighted by Crippen LogP contribution is 2.20. The van der Waals surface area contributed by atoms with Crippen LogP contribution in [0.3, 0.4) is 0 Å². The zero-order valence-electron chi connectivity index (χ0n) is 14.7. The molecule has 1 atom stereocenters. The fourth-order valence-corrected chi connectivity index (χ4v) is 2.55. The van der Waals surface area contributed by atoms with Gasteiger partial charge in [-0.25, -0.2) is 14.2 Å². The number of urea groups is 1. The van der Waals surface area contributed by atoms with Crippen LogP contribution in [0.4, 0.5) is 9.18 Å². The minimum absolute atomic E-state index is 0.0721. The van der Waals surface area contributed by atoms with Crippen molar-refractivity contribution in [3.05, 3.63) is 47.8 Å². The number of aryl methyl sites for hydroxylation is 1. The molecule has 0 aliphatic carbocycles. The first kappa shape index (κ1) is 18.9. The van der Waals surface area contributed by atoms with Gasteiger partial charge in [-0.2, -0.15) is 5.10 Å². The number of hydrogen-bond acceptors (Lipinski definition) is 4. The van der Waals surface area contributed by atoms with Gasteiger partial charge < -0.3 is 15.3 Å². The molecule has 0 aliphatic rings. The average Bonchev–Trinajstić information content (AvgIpc) is 2.99. The predicted octanol–water partition coefficient (Wildman–Crippen LogP) is 1.86. The van der Waals surface area contributed by atoms with E-state index >= 15 is 0 Å². The number of benzene rings is 1. The Hall–Kier alpha value is -2.48. The molecule has 0 fully saturated rings. The van der Waals surface area contributed by atoms with E-state index in [4.69, 9.17) is 0 Å². The van der Waals surface area contributed by atoms with E-state index in [1.165, 1.54) is 17.3 Å². The van der Waals surface area contributed by atoms with E-state index in [1.54, 1.807) is 29.9 Å². The molecule has 1 unspecified atom stereocenters. The molecule has 2 N–H and O–H groups in total. The number of amides is 2. The maximum atomic E-state index is 13.9. The van der Waals surface area contributed by atoms with Gasteiger partial charge >= 0.3 is 6.03 Å². The van der Waals surface area contributed by atoms with Crippen LogP contribution in [0, 0.1) is 11.7 Å². The molecule has 136 valence electrons. The summed E-state index contributed by atoms with van der Waals surface area (Å²) in [7, 11) is 1.76. The summed E-state index contributed by atoms with van der Waals surface area (Å²) in [5, 5.41) is 16.2. The number of carbonyl (C=O) groups is 1. The fourth-order valence-electron chi connectivity index (χ4n) is 2.55. The van der Waals surface area contributed by atoms with E-state index in [2.05, 4.69) is 15.4 Å². The zero-order valence-corrected chi connectivity index (χ0v) is 14.7. The standard InChI is InChI=1S/C17H24FN5O2/c1-12(2)15(16-19-11-20-22(16)3)21-17(25)23(8-9-24)10-13-6-4-5-7-14(13)18/h4-7,11-12,15,24H,8-10H2,1-3H3,(H,21,25). The molecule has 0 aliphatic heterocycles. The molecule has 25 heavy (non-hydrogen) atoms. The molecule has 0 spiro atoms. The summed E-state index contributed by atoms with van der Waals surface area (Å²) in [4.78, 5) is 18.3. The van der Waals surface area contributed by atoms with Gasteiger partial charge in [0.1, 0.15) is 18.0 Å². The van der Waals surface area contributed by atoms with Gasteiger partial charge in [0.2, 0.25) is 0 Å². The van der Waals surface area contributed by atoms with Crippen molar-refractivity contribution < 1.29 is 14.3 Å². The SMILES string of the molecule is CC(C)C(NC(=O)N(CCO)Cc1ccccc1F)c1ncnn1C. The molecular formula is C17H24FN5O2.